The zero-order valence-corrected chi connectivity index (χ0v) is 14.2. The predicted molar refractivity (Wildman–Crippen MR) is 85.5 cm³/mol. The van der Waals surface area contributed by atoms with Gasteiger partial charge in [-0.2, -0.15) is 0 Å². The minimum atomic E-state index is 0.434. The van der Waals surface area contributed by atoms with Gasteiger partial charge in [0.05, 0.1) is 13.7 Å². The Morgan fingerprint density at radius 3 is 2.57 bits per heavy atom. The average molecular weight is 316 g/mol. The SMILES string of the molecule is COCCCOc1cc(C[C@@H](CCl)C(C)C)cnc1OC. The monoisotopic (exact) mass is 315 g/mol. The molecule has 0 amide bonds. The number of methoxy groups -OCH3 is 2. The molecule has 0 saturated carbocycles. The van der Waals surface area contributed by atoms with Crippen LogP contribution in [0.1, 0.15) is 25.8 Å². The summed E-state index contributed by atoms with van der Waals surface area (Å²) in [6.45, 7) is 5.63. The van der Waals surface area contributed by atoms with Crippen molar-refractivity contribution in [1.82, 2.24) is 4.98 Å². The number of nitrogens with zero attached hydrogens (tertiary/aromatic N) is 1. The summed E-state index contributed by atoms with van der Waals surface area (Å²) in [6.07, 6.45) is 3.57. The van der Waals surface area contributed by atoms with Gasteiger partial charge >= 0.3 is 0 Å². The Morgan fingerprint density at radius 1 is 1.24 bits per heavy atom. The van der Waals surface area contributed by atoms with E-state index in [-0.39, 0.29) is 0 Å². The lowest BCUT2D eigenvalue weighted by atomic mass is 9.91. The van der Waals surface area contributed by atoms with Gasteiger partial charge in [-0.25, -0.2) is 4.98 Å². The highest BCUT2D eigenvalue weighted by Gasteiger charge is 2.15. The van der Waals surface area contributed by atoms with Gasteiger partial charge in [-0.15, -0.1) is 11.6 Å². The maximum atomic E-state index is 6.04. The zero-order chi connectivity index (χ0) is 15.7. The van der Waals surface area contributed by atoms with Crippen LogP contribution in [0.15, 0.2) is 12.3 Å². The molecule has 0 N–H and O–H groups in total. The number of hydrogen-bond donors (Lipinski definition) is 0. The van der Waals surface area contributed by atoms with Crippen LogP contribution in [0.5, 0.6) is 11.6 Å². The van der Waals surface area contributed by atoms with E-state index in [2.05, 4.69) is 18.8 Å². The summed E-state index contributed by atoms with van der Waals surface area (Å²) in [5.74, 6) is 2.82. The van der Waals surface area contributed by atoms with Gasteiger partial charge < -0.3 is 14.2 Å². The molecule has 0 bridgehead atoms. The largest absolute Gasteiger partial charge is 0.488 e. The number of aromatic nitrogens is 1. The minimum Gasteiger partial charge on any atom is -0.488 e. The van der Waals surface area contributed by atoms with Crippen molar-refractivity contribution >= 4 is 11.6 Å². The molecular formula is C16H26ClNO3. The molecule has 5 heteroatoms. The second kappa shape index (κ2) is 9.85. The Bertz CT molecular complexity index is 413. The smallest absolute Gasteiger partial charge is 0.256 e. The highest BCUT2D eigenvalue weighted by atomic mass is 35.5. The molecule has 120 valence electrons. The van der Waals surface area contributed by atoms with E-state index in [1.807, 2.05) is 12.3 Å². The molecule has 0 aliphatic carbocycles. The van der Waals surface area contributed by atoms with Crippen LogP contribution in [0.25, 0.3) is 0 Å². The molecular weight excluding hydrogens is 290 g/mol. The number of rotatable bonds is 10. The first-order valence-corrected chi connectivity index (χ1v) is 7.86. The van der Waals surface area contributed by atoms with Gasteiger partial charge in [0.2, 0.25) is 0 Å². The van der Waals surface area contributed by atoms with E-state index in [9.17, 15) is 0 Å². The molecule has 0 aromatic carbocycles. The lowest BCUT2D eigenvalue weighted by molar-refractivity contribution is 0.170. The first-order chi connectivity index (χ1) is 10.1. The van der Waals surface area contributed by atoms with Crippen molar-refractivity contribution in [3.05, 3.63) is 17.8 Å². The van der Waals surface area contributed by atoms with Crippen molar-refractivity contribution in [2.45, 2.75) is 26.7 Å². The standard InChI is InChI=1S/C16H26ClNO3/c1-12(2)14(10-17)8-13-9-15(16(20-4)18-11-13)21-7-5-6-19-3/h9,11-12,14H,5-8,10H2,1-4H3/t14-/m0/s1. The number of ether oxygens (including phenoxy) is 3. The summed E-state index contributed by atoms with van der Waals surface area (Å²) in [4.78, 5) is 4.32. The van der Waals surface area contributed by atoms with E-state index in [0.717, 1.165) is 18.4 Å². The van der Waals surface area contributed by atoms with E-state index < -0.39 is 0 Å². The van der Waals surface area contributed by atoms with Crippen LogP contribution in [0.3, 0.4) is 0 Å². The van der Waals surface area contributed by atoms with Crippen LogP contribution in [-0.2, 0) is 11.2 Å². The Hall–Kier alpha value is -1.00. The molecule has 1 heterocycles. The second-order valence-corrected chi connectivity index (χ2v) is 5.72. The van der Waals surface area contributed by atoms with Gasteiger partial charge in [0.1, 0.15) is 0 Å². The van der Waals surface area contributed by atoms with E-state index in [1.165, 1.54) is 0 Å². The molecule has 0 unspecified atom stereocenters. The molecule has 1 atom stereocenters. The number of hydrogen-bond acceptors (Lipinski definition) is 4. The highest BCUT2D eigenvalue weighted by molar-refractivity contribution is 6.18. The normalized spacial score (nSPS) is 12.5. The summed E-state index contributed by atoms with van der Waals surface area (Å²) in [6, 6.07) is 2.00. The third-order valence-electron chi connectivity index (χ3n) is 3.46. The molecule has 1 aromatic rings. The Kier molecular flexibility index (Phi) is 8.47. The third-order valence-corrected chi connectivity index (χ3v) is 3.85. The second-order valence-electron chi connectivity index (χ2n) is 5.41. The quantitative estimate of drug-likeness (QED) is 0.489. The molecule has 0 aliphatic rings. The molecule has 21 heavy (non-hydrogen) atoms. The summed E-state index contributed by atoms with van der Waals surface area (Å²) in [5.41, 5.74) is 1.12. The van der Waals surface area contributed by atoms with Gasteiger partial charge in [-0.1, -0.05) is 13.8 Å². The molecule has 0 fully saturated rings. The summed E-state index contributed by atoms with van der Waals surface area (Å²) < 4.78 is 16.0. The molecule has 0 saturated heterocycles. The molecule has 0 spiro atoms. The Labute approximate surface area is 132 Å². The van der Waals surface area contributed by atoms with Crippen molar-refractivity contribution in [2.24, 2.45) is 11.8 Å². The summed E-state index contributed by atoms with van der Waals surface area (Å²) >= 11 is 6.04. The third kappa shape index (κ3) is 6.10. The van der Waals surface area contributed by atoms with E-state index in [4.69, 9.17) is 25.8 Å². The van der Waals surface area contributed by atoms with Crippen LogP contribution in [-0.4, -0.2) is 38.3 Å². The van der Waals surface area contributed by atoms with Crippen molar-refractivity contribution < 1.29 is 14.2 Å². The lowest BCUT2D eigenvalue weighted by Crippen LogP contribution is -2.14. The maximum Gasteiger partial charge on any atom is 0.256 e. The van der Waals surface area contributed by atoms with Crippen LogP contribution < -0.4 is 9.47 Å². The van der Waals surface area contributed by atoms with E-state index >= 15 is 0 Å². The van der Waals surface area contributed by atoms with Gasteiger partial charge in [-0.05, 0) is 29.9 Å². The maximum absolute atomic E-state index is 6.04. The minimum absolute atomic E-state index is 0.434. The fourth-order valence-electron chi connectivity index (χ4n) is 2.00. The van der Waals surface area contributed by atoms with Gasteiger partial charge in [0, 0.05) is 32.2 Å². The molecule has 1 aromatic heterocycles. The van der Waals surface area contributed by atoms with Crippen molar-refractivity contribution in [3.63, 3.8) is 0 Å². The Morgan fingerprint density at radius 2 is 2.00 bits per heavy atom. The number of alkyl halides is 1. The van der Waals surface area contributed by atoms with Crippen LogP contribution in [0.2, 0.25) is 0 Å². The number of halogens is 1. The van der Waals surface area contributed by atoms with Crippen molar-refractivity contribution in [3.8, 4) is 11.6 Å². The predicted octanol–water partition coefficient (Wildman–Crippen LogP) is 3.56. The van der Waals surface area contributed by atoms with Crippen LogP contribution >= 0.6 is 11.6 Å². The van der Waals surface area contributed by atoms with Gasteiger partial charge in [0.15, 0.2) is 5.75 Å². The first kappa shape index (κ1) is 18.1. The van der Waals surface area contributed by atoms with Gasteiger partial charge in [-0.3, -0.25) is 0 Å². The van der Waals surface area contributed by atoms with Crippen LogP contribution in [0.4, 0.5) is 0 Å². The van der Waals surface area contributed by atoms with Gasteiger partial charge in [0.25, 0.3) is 5.88 Å². The fraction of sp³-hybridized carbons (Fsp3) is 0.688. The number of pyridine rings is 1. The summed E-state index contributed by atoms with van der Waals surface area (Å²) in [5, 5.41) is 0. The zero-order valence-electron chi connectivity index (χ0n) is 13.4. The highest BCUT2D eigenvalue weighted by Crippen LogP contribution is 2.27. The molecule has 1 rings (SSSR count). The average Bonchev–Trinajstić information content (AvgIpc) is 2.49. The van der Waals surface area contributed by atoms with Crippen LogP contribution in [0, 0.1) is 11.8 Å². The van der Waals surface area contributed by atoms with Crippen molar-refractivity contribution in [1.29, 1.82) is 0 Å². The lowest BCUT2D eigenvalue weighted by Gasteiger charge is -2.18. The van der Waals surface area contributed by atoms with E-state index in [1.54, 1.807) is 14.2 Å². The first-order valence-electron chi connectivity index (χ1n) is 7.33. The topological polar surface area (TPSA) is 40.6 Å². The Balaban J connectivity index is 2.74. The molecule has 0 radical (unpaired) electrons. The fourth-order valence-corrected chi connectivity index (χ4v) is 2.46. The molecule has 0 aliphatic heterocycles. The molecule has 4 nitrogen and oxygen atoms in total. The summed E-state index contributed by atoms with van der Waals surface area (Å²) in [7, 11) is 3.28. The van der Waals surface area contributed by atoms with Crippen molar-refractivity contribution in [2.75, 3.05) is 33.3 Å². The van der Waals surface area contributed by atoms with E-state index in [0.29, 0.717) is 42.6 Å².